The van der Waals surface area contributed by atoms with Crippen LogP contribution in [0.2, 0.25) is 0 Å². The summed E-state index contributed by atoms with van der Waals surface area (Å²) in [6, 6.07) is 18.6. The van der Waals surface area contributed by atoms with Crippen molar-refractivity contribution >= 4 is 0 Å². The van der Waals surface area contributed by atoms with Crippen LogP contribution >= 0.6 is 0 Å². The summed E-state index contributed by atoms with van der Waals surface area (Å²) in [5.41, 5.74) is 2.75. The lowest BCUT2D eigenvalue weighted by molar-refractivity contribution is 0.0226. The van der Waals surface area contributed by atoms with E-state index in [1.165, 1.54) is 11.1 Å². The summed E-state index contributed by atoms with van der Waals surface area (Å²) < 4.78 is 0. The van der Waals surface area contributed by atoms with E-state index in [4.69, 9.17) is 0 Å². The Morgan fingerprint density at radius 2 is 1.42 bits per heavy atom. The summed E-state index contributed by atoms with van der Waals surface area (Å²) in [6.45, 7) is 4.15. The SMILES string of the molecule is CCCC(O)(CC)c1ccc(-c2ccccc2)cc1. The Bertz CT molecular complexity index is 501. The highest BCUT2D eigenvalue weighted by molar-refractivity contribution is 5.63. The van der Waals surface area contributed by atoms with Gasteiger partial charge in [-0.1, -0.05) is 74.9 Å². The van der Waals surface area contributed by atoms with E-state index >= 15 is 0 Å². The minimum atomic E-state index is -0.677. The van der Waals surface area contributed by atoms with Crippen LogP contribution in [0, 0.1) is 0 Å². The largest absolute Gasteiger partial charge is 0.385 e. The van der Waals surface area contributed by atoms with E-state index in [9.17, 15) is 5.11 Å². The molecule has 0 amide bonds. The van der Waals surface area contributed by atoms with Crippen LogP contribution in [0.1, 0.15) is 38.7 Å². The summed E-state index contributed by atoms with van der Waals surface area (Å²) in [6.07, 6.45) is 2.56. The van der Waals surface area contributed by atoms with E-state index in [-0.39, 0.29) is 0 Å². The Hall–Kier alpha value is -1.60. The van der Waals surface area contributed by atoms with Gasteiger partial charge in [0.1, 0.15) is 0 Å². The highest BCUT2D eigenvalue weighted by Crippen LogP contribution is 2.31. The van der Waals surface area contributed by atoms with Crippen LogP contribution in [0.3, 0.4) is 0 Å². The molecule has 2 rings (SSSR count). The molecule has 0 bridgehead atoms. The molecule has 0 spiro atoms. The summed E-state index contributed by atoms with van der Waals surface area (Å²) >= 11 is 0. The van der Waals surface area contributed by atoms with Crippen LogP contribution in [0.5, 0.6) is 0 Å². The van der Waals surface area contributed by atoms with E-state index in [1.54, 1.807) is 0 Å². The first-order valence-corrected chi connectivity index (χ1v) is 7.08. The molecule has 1 unspecified atom stereocenters. The van der Waals surface area contributed by atoms with E-state index in [0.717, 1.165) is 24.8 Å². The molecule has 0 aliphatic carbocycles. The molecule has 0 fully saturated rings. The Balaban J connectivity index is 2.28. The van der Waals surface area contributed by atoms with Crippen molar-refractivity contribution in [1.82, 2.24) is 0 Å². The fourth-order valence-corrected chi connectivity index (χ4v) is 2.54. The molecular formula is C18H22O. The molecule has 2 aromatic carbocycles. The molecule has 1 N–H and O–H groups in total. The van der Waals surface area contributed by atoms with Gasteiger partial charge in [0.25, 0.3) is 0 Å². The fraction of sp³-hybridized carbons (Fsp3) is 0.333. The van der Waals surface area contributed by atoms with Gasteiger partial charge in [-0.2, -0.15) is 0 Å². The molecule has 19 heavy (non-hydrogen) atoms. The van der Waals surface area contributed by atoms with Gasteiger partial charge in [0.05, 0.1) is 5.60 Å². The van der Waals surface area contributed by atoms with E-state index in [2.05, 4.69) is 43.3 Å². The van der Waals surface area contributed by atoms with Gasteiger partial charge in [-0.3, -0.25) is 0 Å². The molecule has 0 heterocycles. The summed E-state index contributed by atoms with van der Waals surface area (Å²) in [7, 11) is 0. The molecule has 0 radical (unpaired) electrons. The fourth-order valence-electron chi connectivity index (χ4n) is 2.54. The van der Waals surface area contributed by atoms with Crippen LogP contribution in [-0.4, -0.2) is 5.11 Å². The van der Waals surface area contributed by atoms with Crippen LogP contribution in [0.25, 0.3) is 11.1 Å². The van der Waals surface area contributed by atoms with Gasteiger partial charge < -0.3 is 5.11 Å². The van der Waals surface area contributed by atoms with Crippen molar-refractivity contribution in [2.45, 2.75) is 38.7 Å². The van der Waals surface area contributed by atoms with Gasteiger partial charge in [0.2, 0.25) is 0 Å². The summed E-state index contributed by atoms with van der Waals surface area (Å²) in [5, 5.41) is 10.7. The zero-order chi connectivity index (χ0) is 13.7. The van der Waals surface area contributed by atoms with Gasteiger partial charge >= 0.3 is 0 Å². The molecule has 2 aromatic rings. The molecule has 0 aromatic heterocycles. The number of benzene rings is 2. The number of hydrogen-bond donors (Lipinski definition) is 1. The quantitative estimate of drug-likeness (QED) is 0.816. The monoisotopic (exact) mass is 254 g/mol. The minimum Gasteiger partial charge on any atom is -0.385 e. The third kappa shape index (κ3) is 3.05. The van der Waals surface area contributed by atoms with Crippen molar-refractivity contribution in [3.05, 3.63) is 60.2 Å². The molecule has 0 saturated carbocycles. The average molecular weight is 254 g/mol. The van der Waals surface area contributed by atoms with Crippen molar-refractivity contribution in [2.24, 2.45) is 0 Å². The van der Waals surface area contributed by atoms with Gasteiger partial charge in [-0.05, 0) is 29.5 Å². The molecule has 1 atom stereocenters. The van der Waals surface area contributed by atoms with E-state index in [1.807, 2.05) is 25.1 Å². The summed E-state index contributed by atoms with van der Waals surface area (Å²) in [5.74, 6) is 0. The van der Waals surface area contributed by atoms with E-state index in [0.29, 0.717) is 0 Å². The van der Waals surface area contributed by atoms with Crippen molar-refractivity contribution in [1.29, 1.82) is 0 Å². The van der Waals surface area contributed by atoms with Gasteiger partial charge in [-0.25, -0.2) is 0 Å². The lowest BCUT2D eigenvalue weighted by Gasteiger charge is -2.27. The topological polar surface area (TPSA) is 20.2 Å². The molecule has 1 nitrogen and oxygen atoms in total. The zero-order valence-electron chi connectivity index (χ0n) is 11.8. The van der Waals surface area contributed by atoms with Crippen molar-refractivity contribution < 1.29 is 5.11 Å². The maximum Gasteiger partial charge on any atom is 0.0893 e. The van der Waals surface area contributed by atoms with Crippen molar-refractivity contribution in [3.63, 3.8) is 0 Å². The highest BCUT2D eigenvalue weighted by atomic mass is 16.3. The first kappa shape index (κ1) is 13.8. The third-order valence-corrected chi connectivity index (χ3v) is 3.78. The maximum atomic E-state index is 10.7. The lowest BCUT2D eigenvalue weighted by atomic mass is 9.86. The Morgan fingerprint density at radius 3 is 1.95 bits per heavy atom. The van der Waals surface area contributed by atoms with Crippen molar-refractivity contribution in [2.75, 3.05) is 0 Å². The number of hydrogen-bond acceptors (Lipinski definition) is 1. The number of aliphatic hydroxyl groups is 1. The minimum absolute atomic E-state index is 0.677. The first-order valence-electron chi connectivity index (χ1n) is 7.08. The maximum absolute atomic E-state index is 10.7. The average Bonchev–Trinajstić information content (AvgIpc) is 2.48. The van der Waals surface area contributed by atoms with Crippen LogP contribution in [-0.2, 0) is 5.60 Å². The predicted molar refractivity (Wildman–Crippen MR) is 81.0 cm³/mol. The molecule has 0 aliphatic rings. The third-order valence-electron chi connectivity index (χ3n) is 3.78. The van der Waals surface area contributed by atoms with Crippen LogP contribution in [0.15, 0.2) is 54.6 Å². The van der Waals surface area contributed by atoms with Gasteiger partial charge in [0, 0.05) is 0 Å². The second kappa shape index (κ2) is 6.03. The predicted octanol–water partition coefficient (Wildman–Crippen LogP) is 4.75. The Labute approximate surface area is 115 Å². The van der Waals surface area contributed by atoms with Crippen LogP contribution < -0.4 is 0 Å². The molecule has 0 saturated heterocycles. The molecule has 0 aliphatic heterocycles. The second-order valence-corrected chi connectivity index (χ2v) is 5.08. The van der Waals surface area contributed by atoms with E-state index < -0.39 is 5.60 Å². The molecule has 100 valence electrons. The Kier molecular flexibility index (Phi) is 4.39. The van der Waals surface area contributed by atoms with Gasteiger partial charge in [0.15, 0.2) is 0 Å². The first-order chi connectivity index (χ1) is 9.19. The number of rotatable bonds is 5. The van der Waals surface area contributed by atoms with Gasteiger partial charge in [-0.15, -0.1) is 0 Å². The normalized spacial score (nSPS) is 14.1. The summed E-state index contributed by atoms with van der Waals surface area (Å²) in [4.78, 5) is 0. The highest BCUT2D eigenvalue weighted by Gasteiger charge is 2.25. The van der Waals surface area contributed by atoms with Crippen LogP contribution in [0.4, 0.5) is 0 Å². The zero-order valence-corrected chi connectivity index (χ0v) is 11.8. The second-order valence-electron chi connectivity index (χ2n) is 5.08. The smallest absolute Gasteiger partial charge is 0.0893 e. The Morgan fingerprint density at radius 1 is 0.842 bits per heavy atom. The standard InChI is InChI=1S/C18H22O/c1-3-14-18(19,4-2)17-12-10-16(11-13-17)15-8-6-5-7-9-15/h5-13,19H,3-4,14H2,1-2H3. The molecule has 1 heteroatoms. The lowest BCUT2D eigenvalue weighted by Crippen LogP contribution is -2.24. The molecular weight excluding hydrogens is 232 g/mol. The van der Waals surface area contributed by atoms with Crippen molar-refractivity contribution in [3.8, 4) is 11.1 Å².